The molecule has 1 unspecified atom stereocenters. The lowest BCUT2D eigenvalue weighted by Gasteiger charge is -2.29. The molecule has 0 amide bonds. The molecule has 0 aromatic heterocycles. The van der Waals surface area contributed by atoms with E-state index in [0.29, 0.717) is 5.92 Å². The fourth-order valence-electron chi connectivity index (χ4n) is 4.31. The summed E-state index contributed by atoms with van der Waals surface area (Å²) in [6, 6.07) is 19.6. The Morgan fingerprint density at radius 3 is 2.07 bits per heavy atom. The monoisotopic (exact) mass is 400 g/mol. The SMILES string of the molecule is CCN(CC)C1=CC(c2ccccc2)CC(/C=C/c2ccccc2N(CC)CC)=C1. The minimum Gasteiger partial charge on any atom is -0.372 e. The average Bonchev–Trinajstić information content (AvgIpc) is 2.80. The summed E-state index contributed by atoms with van der Waals surface area (Å²) in [7, 11) is 0. The van der Waals surface area contributed by atoms with Gasteiger partial charge in [0.05, 0.1) is 0 Å². The summed E-state index contributed by atoms with van der Waals surface area (Å²) in [5.41, 5.74) is 6.73. The summed E-state index contributed by atoms with van der Waals surface area (Å²) < 4.78 is 0. The molecule has 1 aliphatic rings. The molecule has 0 N–H and O–H groups in total. The molecule has 2 heteroatoms. The van der Waals surface area contributed by atoms with Crippen LogP contribution in [0.15, 0.2) is 84.1 Å². The topological polar surface area (TPSA) is 6.48 Å². The molecule has 0 radical (unpaired) electrons. The molecule has 30 heavy (non-hydrogen) atoms. The van der Waals surface area contributed by atoms with Crippen molar-refractivity contribution >= 4 is 11.8 Å². The van der Waals surface area contributed by atoms with Gasteiger partial charge in [0.25, 0.3) is 0 Å². The van der Waals surface area contributed by atoms with E-state index < -0.39 is 0 Å². The van der Waals surface area contributed by atoms with Crippen LogP contribution >= 0.6 is 0 Å². The van der Waals surface area contributed by atoms with Crippen molar-refractivity contribution in [1.29, 1.82) is 0 Å². The number of para-hydroxylation sites is 1. The van der Waals surface area contributed by atoms with E-state index in [4.69, 9.17) is 0 Å². The Balaban J connectivity index is 1.92. The number of benzene rings is 2. The number of rotatable bonds is 9. The van der Waals surface area contributed by atoms with Crippen molar-refractivity contribution in [3.63, 3.8) is 0 Å². The van der Waals surface area contributed by atoms with Crippen LogP contribution in [0.3, 0.4) is 0 Å². The first kappa shape index (κ1) is 22.0. The molecule has 0 saturated carbocycles. The molecule has 1 atom stereocenters. The summed E-state index contributed by atoms with van der Waals surface area (Å²) in [6.45, 7) is 13.0. The zero-order valence-electron chi connectivity index (χ0n) is 19.0. The maximum Gasteiger partial charge on any atom is 0.0439 e. The molecule has 0 saturated heterocycles. The van der Waals surface area contributed by atoms with E-state index in [1.54, 1.807) is 0 Å². The van der Waals surface area contributed by atoms with Crippen LogP contribution < -0.4 is 4.90 Å². The quantitative estimate of drug-likeness (QED) is 0.452. The van der Waals surface area contributed by atoms with Crippen LogP contribution in [-0.2, 0) is 0 Å². The Morgan fingerprint density at radius 2 is 1.40 bits per heavy atom. The Bertz CT molecular complexity index is 884. The number of allylic oxidation sites excluding steroid dienone is 4. The van der Waals surface area contributed by atoms with Gasteiger partial charge in [0.1, 0.15) is 0 Å². The van der Waals surface area contributed by atoms with Crippen molar-refractivity contribution in [2.75, 3.05) is 31.1 Å². The van der Waals surface area contributed by atoms with Crippen LogP contribution in [0.5, 0.6) is 0 Å². The zero-order chi connectivity index (χ0) is 21.3. The van der Waals surface area contributed by atoms with Crippen molar-refractivity contribution in [2.45, 2.75) is 40.0 Å². The lowest BCUT2D eigenvalue weighted by atomic mass is 9.86. The van der Waals surface area contributed by atoms with Crippen LogP contribution in [0.4, 0.5) is 5.69 Å². The van der Waals surface area contributed by atoms with E-state index in [0.717, 1.165) is 32.6 Å². The van der Waals surface area contributed by atoms with Crippen LogP contribution in [0.25, 0.3) is 6.08 Å². The van der Waals surface area contributed by atoms with Crippen LogP contribution in [0.1, 0.15) is 51.2 Å². The third-order valence-corrected chi connectivity index (χ3v) is 6.04. The first-order valence-corrected chi connectivity index (χ1v) is 11.4. The van der Waals surface area contributed by atoms with E-state index in [1.807, 2.05) is 0 Å². The maximum absolute atomic E-state index is 2.45. The molecule has 0 aliphatic heterocycles. The van der Waals surface area contributed by atoms with Gasteiger partial charge in [0.2, 0.25) is 0 Å². The fraction of sp³-hybridized carbons (Fsp3) is 0.357. The Morgan fingerprint density at radius 1 is 0.767 bits per heavy atom. The molecule has 0 heterocycles. The normalized spacial score (nSPS) is 16.3. The molecule has 0 bridgehead atoms. The van der Waals surface area contributed by atoms with Crippen molar-refractivity contribution in [3.05, 3.63) is 95.2 Å². The van der Waals surface area contributed by atoms with E-state index in [9.17, 15) is 0 Å². The lowest BCUT2D eigenvalue weighted by molar-refractivity contribution is 0.389. The highest BCUT2D eigenvalue weighted by molar-refractivity contribution is 5.69. The third kappa shape index (κ3) is 5.24. The van der Waals surface area contributed by atoms with Gasteiger partial charge in [-0.15, -0.1) is 0 Å². The molecular formula is C28H36N2. The maximum atomic E-state index is 2.45. The highest BCUT2D eigenvalue weighted by Crippen LogP contribution is 2.33. The second-order valence-electron chi connectivity index (χ2n) is 7.77. The molecule has 2 aromatic rings. The van der Waals surface area contributed by atoms with E-state index >= 15 is 0 Å². The van der Waals surface area contributed by atoms with Gasteiger partial charge >= 0.3 is 0 Å². The highest BCUT2D eigenvalue weighted by Gasteiger charge is 2.18. The second-order valence-corrected chi connectivity index (χ2v) is 7.77. The number of likely N-dealkylation sites (N-methyl/N-ethyl adjacent to an activating group) is 1. The van der Waals surface area contributed by atoms with Gasteiger partial charge in [0.15, 0.2) is 0 Å². The standard InChI is InChI=1S/C28H36N2/c1-5-29(6-2)27-21-23(20-26(22-27)24-14-10-9-11-15-24)18-19-25-16-12-13-17-28(25)30(7-3)8-4/h9-19,21-22,26H,5-8,20H2,1-4H3/b19-18+. The van der Waals surface area contributed by atoms with Gasteiger partial charge in [-0.1, -0.05) is 66.8 Å². The predicted molar refractivity (Wildman–Crippen MR) is 132 cm³/mol. The number of hydrogen-bond donors (Lipinski definition) is 0. The van der Waals surface area contributed by atoms with Crippen LogP contribution in [0.2, 0.25) is 0 Å². The molecule has 158 valence electrons. The van der Waals surface area contributed by atoms with Crippen molar-refractivity contribution in [2.24, 2.45) is 0 Å². The minimum atomic E-state index is 0.421. The second kappa shape index (κ2) is 10.9. The predicted octanol–water partition coefficient (Wildman–Crippen LogP) is 6.89. The smallest absolute Gasteiger partial charge is 0.0439 e. The zero-order valence-corrected chi connectivity index (χ0v) is 19.0. The minimum absolute atomic E-state index is 0.421. The largest absolute Gasteiger partial charge is 0.372 e. The number of hydrogen-bond acceptors (Lipinski definition) is 2. The first-order valence-electron chi connectivity index (χ1n) is 11.4. The van der Waals surface area contributed by atoms with Crippen LogP contribution in [-0.4, -0.2) is 31.1 Å². The molecular weight excluding hydrogens is 364 g/mol. The Hall–Kier alpha value is -2.74. The highest BCUT2D eigenvalue weighted by atomic mass is 15.1. The van der Waals surface area contributed by atoms with Gasteiger partial charge in [-0.25, -0.2) is 0 Å². The van der Waals surface area contributed by atoms with Gasteiger partial charge in [-0.3, -0.25) is 0 Å². The fourth-order valence-corrected chi connectivity index (χ4v) is 4.31. The van der Waals surface area contributed by atoms with Gasteiger partial charge in [-0.2, -0.15) is 0 Å². The van der Waals surface area contributed by atoms with Crippen molar-refractivity contribution < 1.29 is 0 Å². The van der Waals surface area contributed by atoms with Crippen molar-refractivity contribution in [3.8, 4) is 0 Å². The Kier molecular flexibility index (Phi) is 7.96. The summed E-state index contributed by atoms with van der Waals surface area (Å²) in [5, 5.41) is 0. The van der Waals surface area contributed by atoms with Crippen LogP contribution in [0, 0.1) is 0 Å². The van der Waals surface area contributed by atoms with Gasteiger partial charge in [0, 0.05) is 43.5 Å². The summed E-state index contributed by atoms with van der Waals surface area (Å²) in [5.74, 6) is 0.421. The number of anilines is 1. The van der Waals surface area contributed by atoms with Gasteiger partial charge in [-0.05, 0) is 63.0 Å². The molecule has 0 spiro atoms. The van der Waals surface area contributed by atoms with E-state index in [2.05, 4.69) is 116 Å². The molecule has 2 nitrogen and oxygen atoms in total. The lowest BCUT2D eigenvalue weighted by Crippen LogP contribution is -2.23. The van der Waals surface area contributed by atoms with E-state index in [-0.39, 0.29) is 0 Å². The molecule has 3 rings (SSSR count). The Labute approximate surface area is 183 Å². The van der Waals surface area contributed by atoms with Crippen molar-refractivity contribution in [1.82, 2.24) is 4.90 Å². The summed E-state index contributed by atoms with van der Waals surface area (Å²) in [6.07, 6.45) is 10.5. The first-order chi connectivity index (χ1) is 14.7. The number of nitrogens with zero attached hydrogens (tertiary/aromatic N) is 2. The molecule has 0 fully saturated rings. The summed E-state index contributed by atoms with van der Waals surface area (Å²) >= 11 is 0. The van der Waals surface area contributed by atoms with Gasteiger partial charge < -0.3 is 9.80 Å². The summed E-state index contributed by atoms with van der Waals surface area (Å²) in [4.78, 5) is 4.87. The molecule has 1 aliphatic carbocycles. The molecule has 2 aromatic carbocycles. The van der Waals surface area contributed by atoms with E-state index in [1.165, 1.54) is 28.1 Å². The third-order valence-electron chi connectivity index (χ3n) is 6.04. The average molecular weight is 401 g/mol.